The highest BCUT2D eigenvalue weighted by Gasteiger charge is 2.32. The molecule has 41 heavy (non-hydrogen) atoms. The van der Waals surface area contributed by atoms with E-state index in [2.05, 4.69) is 10.4 Å². The lowest BCUT2D eigenvalue weighted by Crippen LogP contribution is -2.33. The average molecular weight is 578 g/mol. The summed E-state index contributed by atoms with van der Waals surface area (Å²) < 4.78 is 49.8. The molecule has 0 saturated carbocycles. The van der Waals surface area contributed by atoms with Crippen LogP contribution in [0.15, 0.2) is 84.1 Å². The first-order valence-electron chi connectivity index (χ1n) is 13.3. The monoisotopic (exact) mass is 577 g/mol. The van der Waals surface area contributed by atoms with Crippen LogP contribution < -0.4 is 5.32 Å². The summed E-state index contributed by atoms with van der Waals surface area (Å²) in [4.78, 5) is 16.7. The number of carbonyl (C=O) groups excluding carboxylic acids is 1. The first kappa shape index (κ1) is 28.4. The van der Waals surface area contributed by atoms with Crippen molar-refractivity contribution in [3.8, 4) is 5.69 Å². The Hall–Kier alpha value is -4.09. The molecule has 3 heterocycles. The summed E-state index contributed by atoms with van der Waals surface area (Å²) in [6.45, 7) is 6.09. The number of rotatable bonds is 8. The molecule has 214 valence electrons. The van der Waals surface area contributed by atoms with Crippen LogP contribution in [0, 0.1) is 5.82 Å². The Morgan fingerprint density at radius 1 is 1.07 bits per heavy atom. The van der Waals surface area contributed by atoms with E-state index in [4.69, 9.17) is 9.72 Å². The van der Waals surface area contributed by atoms with Gasteiger partial charge in [-0.15, -0.1) is 0 Å². The molecule has 1 unspecified atom stereocenters. The highest BCUT2D eigenvalue weighted by Crippen LogP contribution is 2.33. The van der Waals surface area contributed by atoms with Crippen LogP contribution in [-0.4, -0.2) is 45.7 Å². The van der Waals surface area contributed by atoms with Gasteiger partial charge in [0.2, 0.25) is 10.0 Å². The van der Waals surface area contributed by atoms with E-state index in [1.807, 2.05) is 57.2 Å². The molecular weight excluding hydrogens is 545 g/mol. The maximum atomic E-state index is 14.8. The maximum Gasteiger partial charge on any atom is 0.407 e. The number of halogens is 1. The van der Waals surface area contributed by atoms with Crippen LogP contribution >= 0.6 is 0 Å². The fourth-order valence-corrected chi connectivity index (χ4v) is 6.24. The van der Waals surface area contributed by atoms with Gasteiger partial charge in [0.1, 0.15) is 17.1 Å². The first-order valence-corrected chi connectivity index (χ1v) is 14.7. The van der Waals surface area contributed by atoms with Crippen molar-refractivity contribution < 1.29 is 22.3 Å². The molecule has 4 aromatic rings. The van der Waals surface area contributed by atoms with Gasteiger partial charge in [0.05, 0.1) is 4.90 Å². The SMILES string of the molecule is CC(C)(C)OC(=O)NCCC(c1ccccc1)c1cc2c(cn1)CN(S(=O)(=O)c1ccc(-n3cccn3)c(F)c1)C2. The maximum absolute atomic E-state index is 14.8. The number of hydrogen-bond acceptors (Lipinski definition) is 6. The molecule has 11 heteroatoms. The zero-order valence-electron chi connectivity index (χ0n) is 23.1. The van der Waals surface area contributed by atoms with Crippen molar-refractivity contribution in [3.05, 3.63) is 107 Å². The molecule has 0 bridgehead atoms. The van der Waals surface area contributed by atoms with E-state index in [9.17, 15) is 17.6 Å². The van der Waals surface area contributed by atoms with Crippen molar-refractivity contribution in [1.82, 2.24) is 24.4 Å². The minimum atomic E-state index is -3.96. The van der Waals surface area contributed by atoms with Crippen LogP contribution in [0.5, 0.6) is 0 Å². The third kappa shape index (κ3) is 6.47. The molecular formula is C30H32FN5O4S. The van der Waals surface area contributed by atoms with Crippen LogP contribution in [0.1, 0.15) is 55.5 Å². The number of carbonyl (C=O) groups is 1. The summed E-state index contributed by atoms with van der Waals surface area (Å²) in [5.41, 5.74) is 3.01. The third-order valence-electron chi connectivity index (χ3n) is 6.77. The number of fused-ring (bicyclic) bond motifs is 1. The molecule has 1 aliphatic heterocycles. The summed E-state index contributed by atoms with van der Waals surface area (Å²) in [6.07, 6.45) is 4.90. The van der Waals surface area contributed by atoms with E-state index in [0.717, 1.165) is 28.5 Å². The van der Waals surface area contributed by atoms with Gasteiger partial charge >= 0.3 is 6.09 Å². The minimum absolute atomic E-state index is 0.123. The zero-order valence-corrected chi connectivity index (χ0v) is 23.9. The van der Waals surface area contributed by atoms with Crippen molar-refractivity contribution in [2.45, 2.75) is 56.7 Å². The van der Waals surface area contributed by atoms with Gasteiger partial charge in [0.25, 0.3) is 0 Å². The molecule has 9 nitrogen and oxygen atoms in total. The summed E-state index contributed by atoms with van der Waals surface area (Å²) >= 11 is 0. The Balaban J connectivity index is 1.34. The van der Waals surface area contributed by atoms with Gasteiger partial charge in [-0.1, -0.05) is 30.3 Å². The summed E-state index contributed by atoms with van der Waals surface area (Å²) in [5, 5.41) is 6.82. The van der Waals surface area contributed by atoms with Crippen molar-refractivity contribution >= 4 is 16.1 Å². The molecule has 1 atom stereocenters. The molecule has 5 rings (SSSR count). The molecule has 0 fully saturated rings. The van der Waals surface area contributed by atoms with Gasteiger partial charge in [-0.3, -0.25) is 4.98 Å². The Labute approximate surface area is 239 Å². The summed E-state index contributed by atoms with van der Waals surface area (Å²) in [6, 6.07) is 17.3. The Morgan fingerprint density at radius 3 is 2.51 bits per heavy atom. The normalized spacial score (nSPS) is 14.4. The van der Waals surface area contributed by atoms with Crippen LogP contribution in [0.25, 0.3) is 5.69 Å². The van der Waals surface area contributed by atoms with E-state index < -0.39 is 27.5 Å². The quantitative estimate of drug-likeness (QED) is 0.310. The van der Waals surface area contributed by atoms with E-state index >= 15 is 0 Å². The highest BCUT2D eigenvalue weighted by molar-refractivity contribution is 7.89. The van der Waals surface area contributed by atoms with Crippen LogP contribution in [-0.2, 0) is 27.8 Å². The van der Waals surface area contributed by atoms with Crippen molar-refractivity contribution in [1.29, 1.82) is 0 Å². The minimum Gasteiger partial charge on any atom is -0.444 e. The van der Waals surface area contributed by atoms with E-state index in [-0.39, 0.29) is 29.6 Å². The topological polar surface area (TPSA) is 106 Å². The molecule has 1 amide bonds. The van der Waals surface area contributed by atoms with Gasteiger partial charge < -0.3 is 10.1 Å². The number of nitrogens with zero attached hydrogens (tertiary/aromatic N) is 4. The van der Waals surface area contributed by atoms with E-state index in [1.165, 1.54) is 27.3 Å². The summed E-state index contributed by atoms with van der Waals surface area (Å²) in [5.74, 6) is -0.813. The second-order valence-corrected chi connectivity index (χ2v) is 12.8. The fourth-order valence-electron chi connectivity index (χ4n) is 4.83. The van der Waals surface area contributed by atoms with Crippen molar-refractivity contribution in [2.75, 3.05) is 6.54 Å². The van der Waals surface area contributed by atoms with Gasteiger partial charge in [-0.05, 0) is 74.2 Å². The van der Waals surface area contributed by atoms with E-state index in [1.54, 1.807) is 18.5 Å². The van der Waals surface area contributed by atoms with Gasteiger partial charge in [0.15, 0.2) is 0 Å². The van der Waals surface area contributed by atoms with E-state index in [0.29, 0.717) is 13.0 Å². The number of amides is 1. The molecule has 0 saturated heterocycles. The number of ether oxygens (including phenoxy) is 1. The predicted octanol–water partition coefficient (Wildman–Crippen LogP) is 5.16. The van der Waals surface area contributed by atoms with Gasteiger partial charge in [0, 0.05) is 49.8 Å². The zero-order chi connectivity index (χ0) is 29.2. The van der Waals surface area contributed by atoms with Crippen LogP contribution in [0.4, 0.5) is 9.18 Å². The summed E-state index contributed by atoms with van der Waals surface area (Å²) in [7, 11) is -3.96. The lowest BCUT2D eigenvalue weighted by atomic mass is 9.91. The van der Waals surface area contributed by atoms with Gasteiger partial charge in [-0.25, -0.2) is 22.3 Å². The number of hydrogen-bond donors (Lipinski definition) is 1. The lowest BCUT2D eigenvalue weighted by Gasteiger charge is -2.21. The fraction of sp³-hybridized carbons (Fsp3) is 0.300. The standard InChI is InChI=1S/C30H32FN5O4S/c1-30(2,3)40-29(37)32-14-12-25(21-8-5-4-6-9-21)27-16-22-19-35(20-23(22)18-33-27)41(38,39)24-10-11-28(26(31)17-24)36-15-7-13-34-36/h4-11,13,15-18,25H,12,14,19-20H2,1-3H3,(H,32,37). The largest absolute Gasteiger partial charge is 0.444 e. The average Bonchev–Trinajstić information content (AvgIpc) is 3.61. The Morgan fingerprint density at radius 2 is 1.83 bits per heavy atom. The van der Waals surface area contributed by atoms with Crippen LogP contribution in [0.3, 0.4) is 0 Å². The Bertz CT molecular complexity index is 1640. The second-order valence-electron chi connectivity index (χ2n) is 10.9. The number of nitrogens with one attached hydrogen (secondary N) is 1. The van der Waals surface area contributed by atoms with Crippen molar-refractivity contribution in [3.63, 3.8) is 0 Å². The highest BCUT2D eigenvalue weighted by atomic mass is 32.2. The molecule has 0 spiro atoms. The first-order chi connectivity index (χ1) is 19.5. The number of alkyl carbamates (subject to hydrolysis) is 1. The lowest BCUT2D eigenvalue weighted by molar-refractivity contribution is 0.0526. The molecule has 2 aromatic heterocycles. The molecule has 1 aliphatic rings. The second kappa shape index (κ2) is 11.4. The molecule has 0 radical (unpaired) electrons. The predicted molar refractivity (Wildman–Crippen MR) is 151 cm³/mol. The molecule has 1 N–H and O–H groups in total. The number of sulfonamides is 1. The molecule has 0 aliphatic carbocycles. The molecule has 2 aromatic carbocycles. The van der Waals surface area contributed by atoms with Crippen molar-refractivity contribution in [2.24, 2.45) is 0 Å². The van der Waals surface area contributed by atoms with Crippen LogP contribution in [0.2, 0.25) is 0 Å². The Kier molecular flexibility index (Phi) is 7.92. The third-order valence-corrected chi connectivity index (χ3v) is 8.55. The smallest absolute Gasteiger partial charge is 0.407 e. The number of aromatic nitrogens is 3. The van der Waals surface area contributed by atoms with Gasteiger partial charge in [-0.2, -0.15) is 9.40 Å². The number of benzene rings is 2. The number of pyridine rings is 1.